The number of carbonyl (C=O) groups is 1. The lowest BCUT2D eigenvalue weighted by atomic mass is 10.3. The van der Waals surface area contributed by atoms with Crippen molar-refractivity contribution in [2.75, 3.05) is 7.05 Å². The third kappa shape index (κ3) is 1.12. The van der Waals surface area contributed by atoms with Crippen molar-refractivity contribution >= 4 is 17.6 Å². The highest BCUT2D eigenvalue weighted by atomic mass is 32.2. The smallest absolute Gasteiger partial charge is 0.235 e. The highest BCUT2D eigenvalue weighted by Crippen LogP contribution is 2.39. The minimum absolute atomic E-state index is 0.625. The van der Waals surface area contributed by atoms with Crippen LogP contribution in [0.25, 0.3) is 0 Å². The van der Waals surface area contributed by atoms with Gasteiger partial charge in [0.1, 0.15) is 6.29 Å². The van der Waals surface area contributed by atoms with Gasteiger partial charge in [-0.1, -0.05) is 0 Å². The van der Waals surface area contributed by atoms with E-state index in [4.69, 9.17) is 4.55 Å². The molecule has 0 aliphatic heterocycles. The molecule has 4 nitrogen and oxygen atoms in total. The van der Waals surface area contributed by atoms with Crippen LogP contribution in [0.1, 0.15) is 12.8 Å². The van der Waals surface area contributed by atoms with Crippen LogP contribution in [0.2, 0.25) is 0 Å². The van der Waals surface area contributed by atoms with Crippen molar-refractivity contribution in [3.8, 4) is 0 Å². The molecule has 0 amide bonds. The molecule has 1 aliphatic carbocycles. The van der Waals surface area contributed by atoms with E-state index in [1.807, 2.05) is 0 Å². The summed E-state index contributed by atoms with van der Waals surface area (Å²) >= 11 is -2.02. The maximum atomic E-state index is 10.4. The Labute approximate surface area is 61.6 Å². The number of hydrogen-bond donors (Lipinski definition) is 1. The zero-order valence-corrected chi connectivity index (χ0v) is 6.43. The molecule has 1 N–H and O–H groups in total. The molecule has 0 aromatic carbocycles. The average Bonchev–Trinajstić information content (AvgIpc) is 2.66. The van der Waals surface area contributed by atoms with Crippen LogP contribution in [0.4, 0.5) is 0 Å². The molecule has 0 aromatic rings. The molecule has 58 valence electrons. The zero-order valence-electron chi connectivity index (χ0n) is 5.61. The van der Waals surface area contributed by atoms with E-state index < -0.39 is 16.8 Å². The SMILES string of the molecule is CN(S(=O)O)C1(C=O)CC1. The molecule has 0 saturated heterocycles. The quantitative estimate of drug-likeness (QED) is 0.462. The molecule has 0 bridgehead atoms. The number of rotatable bonds is 3. The van der Waals surface area contributed by atoms with Gasteiger partial charge in [-0.25, -0.2) is 4.21 Å². The third-order valence-corrected chi connectivity index (χ3v) is 2.68. The van der Waals surface area contributed by atoms with E-state index in [1.54, 1.807) is 0 Å². The van der Waals surface area contributed by atoms with Crippen LogP contribution in [0.15, 0.2) is 0 Å². The molecular weight excluding hydrogens is 154 g/mol. The van der Waals surface area contributed by atoms with Gasteiger partial charge < -0.3 is 4.79 Å². The molecule has 1 unspecified atom stereocenters. The lowest BCUT2D eigenvalue weighted by Crippen LogP contribution is -2.36. The largest absolute Gasteiger partial charge is 0.301 e. The highest BCUT2D eigenvalue weighted by Gasteiger charge is 2.48. The summed E-state index contributed by atoms with van der Waals surface area (Å²) in [7, 11) is 1.47. The number of nitrogens with zero attached hydrogens (tertiary/aromatic N) is 1. The van der Waals surface area contributed by atoms with E-state index in [-0.39, 0.29) is 0 Å². The van der Waals surface area contributed by atoms with E-state index in [0.717, 1.165) is 6.29 Å². The van der Waals surface area contributed by atoms with Gasteiger partial charge in [0.05, 0.1) is 5.54 Å². The molecular formula is C5H9NO3S. The molecule has 0 spiro atoms. The molecule has 1 saturated carbocycles. The van der Waals surface area contributed by atoms with Gasteiger partial charge in [0, 0.05) is 7.05 Å². The summed E-state index contributed by atoms with van der Waals surface area (Å²) < 4.78 is 20.2. The second-order valence-electron chi connectivity index (χ2n) is 2.45. The molecule has 0 heterocycles. The fourth-order valence-electron chi connectivity index (χ4n) is 0.791. The molecule has 10 heavy (non-hydrogen) atoms. The maximum absolute atomic E-state index is 10.4. The summed E-state index contributed by atoms with van der Waals surface area (Å²) in [4.78, 5) is 10.3. The lowest BCUT2D eigenvalue weighted by Gasteiger charge is -2.16. The van der Waals surface area contributed by atoms with Crippen molar-refractivity contribution in [3.05, 3.63) is 0 Å². The molecule has 1 aliphatic rings. The Morgan fingerprint density at radius 2 is 2.20 bits per heavy atom. The van der Waals surface area contributed by atoms with Gasteiger partial charge >= 0.3 is 0 Å². The van der Waals surface area contributed by atoms with Crippen LogP contribution >= 0.6 is 0 Å². The average molecular weight is 163 g/mol. The van der Waals surface area contributed by atoms with E-state index in [9.17, 15) is 9.00 Å². The van der Waals surface area contributed by atoms with Gasteiger partial charge in [-0.3, -0.25) is 4.55 Å². The van der Waals surface area contributed by atoms with Gasteiger partial charge in [0.15, 0.2) is 0 Å². The second kappa shape index (κ2) is 2.41. The van der Waals surface area contributed by atoms with Crippen molar-refractivity contribution < 1.29 is 13.6 Å². The van der Waals surface area contributed by atoms with Crippen LogP contribution in [0.3, 0.4) is 0 Å². The first-order chi connectivity index (χ1) is 4.62. The van der Waals surface area contributed by atoms with Crippen molar-refractivity contribution in [2.24, 2.45) is 0 Å². The summed E-state index contributed by atoms with van der Waals surface area (Å²) in [5.74, 6) is 0. The van der Waals surface area contributed by atoms with Crippen LogP contribution in [0.5, 0.6) is 0 Å². The van der Waals surface area contributed by atoms with Gasteiger partial charge in [-0.05, 0) is 12.8 Å². The van der Waals surface area contributed by atoms with Crippen LogP contribution in [-0.2, 0) is 16.1 Å². The number of likely N-dealkylation sites (N-methyl/N-ethyl adjacent to an activating group) is 1. The van der Waals surface area contributed by atoms with Gasteiger partial charge in [0.25, 0.3) is 0 Å². The molecule has 1 rings (SSSR count). The summed E-state index contributed by atoms with van der Waals surface area (Å²) in [6.07, 6.45) is 2.12. The second-order valence-corrected chi connectivity index (χ2v) is 3.46. The Balaban J connectivity index is 2.64. The Morgan fingerprint density at radius 1 is 1.70 bits per heavy atom. The van der Waals surface area contributed by atoms with Crippen LogP contribution in [0, 0.1) is 0 Å². The Morgan fingerprint density at radius 3 is 2.30 bits per heavy atom. The molecule has 0 radical (unpaired) electrons. The standard InChI is InChI=1S/C5H9NO3S/c1-6(10(8)9)5(4-7)2-3-5/h4H,2-3H2,1H3,(H,8,9). The first-order valence-electron chi connectivity index (χ1n) is 2.93. The number of carbonyl (C=O) groups excluding carboxylic acids is 1. The van der Waals surface area contributed by atoms with Crippen molar-refractivity contribution in [3.63, 3.8) is 0 Å². The minimum atomic E-state index is -2.02. The van der Waals surface area contributed by atoms with Crippen molar-refractivity contribution in [1.82, 2.24) is 4.31 Å². The van der Waals surface area contributed by atoms with Gasteiger partial charge in [0.2, 0.25) is 11.3 Å². The summed E-state index contributed by atoms with van der Waals surface area (Å²) in [5, 5.41) is 0. The van der Waals surface area contributed by atoms with Crippen LogP contribution in [-0.4, -0.2) is 31.9 Å². The Bertz CT molecular complexity index is 178. The van der Waals surface area contributed by atoms with Crippen LogP contribution < -0.4 is 0 Å². The zero-order chi connectivity index (χ0) is 7.78. The normalized spacial score (nSPS) is 24.3. The molecule has 1 fully saturated rings. The molecule has 0 aromatic heterocycles. The van der Waals surface area contributed by atoms with E-state index in [0.29, 0.717) is 12.8 Å². The minimum Gasteiger partial charge on any atom is -0.301 e. The van der Waals surface area contributed by atoms with Gasteiger partial charge in [-0.2, -0.15) is 4.31 Å². The maximum Gasteiger partial charge on any atom is 0.235 e. The van der Waals surface area contributed by atoms with Gasteiger partial charge in [-0.15, -0.1) is 0 Å². The number of hydrogen-bond acceptors (Lipinski definition) is 2. The van der Waals surface area contributed by atoms with Crippen molar-refractivity contribution in [2.45, 2.75) is 18.4 Å². The molecule has 1 atom stereocenters. The Hall–Kier alpha value is -0.260. The van der Waals surface area contributed by atoms with E-state index in [2.05, 4.69) is 0 Å². The predicted molar refractivity (Wildman–Crippen MR) is 36.6 cm³/mol. The summed E-state index contributed by atoms with van der Waals surface area (Å²) in [6, 6.07) is 0. The predicted octanol–water partition coefficient (Wildman–Crippen LogP) is -0.214. The van der Waals surface area contributed by atoms with E-state index in [1.165, 1.54) is 11.4 Å². The number of aldehydes is 1. The fourth-order valence-corrected chi connectivity index (χ4v) is 1.33. The summed E-state index contributed by atoms with van der Waals surface area (Å²) in [5.41, 5.74) is -0.625. The molecule has 5 heteroatoms. The highest BCUT2D eigenvalue weighted by molar-refractivity contribution is 7.76. The lowest BCUT2D eigenvalue weighted by molar-refractivity contribution is -0.111. The Kier molecular flexibility index (Phi) is 1.89. The first kappa shape index (κ1) is 7.84. The van der Waals surface area contributed by atoms with E-state index >= 15 is 0 Å². The third-order valence-electron chi connectivity index (χ3n) is 1.84. The summed E-state index contributed by atoms with van der Waals surface area (Å²) in [6.45, 7) is 0. The van der Waals surface area contributed by atoms with Crippen molar-refractivity contribution in [1.29, 1.82) is 0 Å². The topological polar surface area (TPSA) is 57.6 Å². The first-order valence-corrected chi connectivity index (χ1v) is 4.00. The fraction of sp³-hybridized carbons (Fsp3) is 0.800. The monoisotopic (exact) mass is 163 g/mol.